The van der Waals surface area contributed by atoms with Crippen molar-refractivity contribution in [3.8, 4) is 0 Å². The van der Waals surface area contributed by atoms with Crippen molar-refractivity contribution in [2.45, 2.75) is 32.0 Å². The summed E-state index contributed by atoms with van der Waals surface area (Å²) in [4.78, 5) is 11.9. The lowest BCUT2D eigenvalue weighted by Gasteiger charge is -2.30. The minimum atomic E-state index is -4.34. The van der Waals surface area contributed by atoms with Gasteiger partial charge in [-0.3, -0.25) is 4.79 Å². The average Bonchev–Trinajstić information content (AvgIpc) is 2.41. The van der Waals surface area contributed by atoms with Gasteiger partial charge in [0.05, 0.1) is 12.0 Å². The van der Waals surface area contributed by atoms with Gasteiger partial charge in [-0.2, -0.15) is 13.2 Å². The highest BCUT2D eigenvalue weighted by Crippen LogP contribution is 2.29. The predicted molar refractivity (Wildman–Crippen MR) is 73.7 cm³/mol. The fraction of sp³-hybridized carbons (Fsp3) is 0.533. The second-order valence-corrected chi connectivity index (χ2v) is 5.52. The molecule has 1 fully saturated rings. The normalized spacial score (nSPS) is 22.9. The van der Waals surface area contributed by atoms with E-state index in [4.69, 9.17) is 0 Å². The van der Waals surface area contributed by atoms with Gasteiger partial charge in [0.2, 0.25) is 5.91 Å². The molecule has 3 nitrogen and oxygen atoms in total. The maximum absolute atomic E-state index is 12.4. The maximum atomic E-state index is 12.4. The first-order valence-corrected chi connectivity index (χ1v) is 7.02. The molecule has 1 amide bonds. The van der Waals surface area contributed by atoms with Crippen LogP contribution in [0.1, 0.15) is 24.5 Å². The second kappa shape index (κ2) is 6.47. The van der Waals surface area contributed by atoms with Crippen molar-refractivity contribution >= 4 is 5.91 Å². The number of nitrogens with one attached hydrogen (secondary N) is 2. The van der Waals surface area contributed by atoms with E-state index >= 15 is 0 Å². The van der Waals surface area contributed by atoms with E-state index in [1.807, 2.05) is 0 Å². The standard InChI is InChI=1S/C15H19F3N2O/c1-10-6-7-19-9-13(10)20-14(21)8-11-2-4-12(5-3-11)15(16,17)18/h2-5,10,13,19H,6-9H2,1H3,(H,20,21). The summed E-state index contributed by atoms with van der Waals surface area (Å²) >= 11 is 0. The molecule has 1 heterocycles. The molecule has 0 radical (unpaired) electrons. The Hall–Kier alpha value is -1.56. The minimum absolute atomic E-state index is 0.0840. The molecule has 6 heteroatoms. The molecular formula is C15H19F3N2O. The van der Waals surface area contributed by atoms with Crippen molar-refractivity contribution in [2.24, 2.45) is 5.92 Å². The van der Waals surface area contributed by atoms with E-state index in [9.17, 15) is 18.0 Å². The summed E-state index contributed by atoms with van der Waals surface area (Å²) in [5.41, 5.74) is -0.117. The number of piperidine rings is 1. The van der Waals surface area contributed by atoms with E-state index in [0.717, 1.165) is 31.6 Å². The SMILES string of the molecule is CC1CCNCC1NC(=O)Cc1ccc(C(F)(F)F)cc1. The molecule has 0 bridgehead atoms. The smallest absolute Gasteiger partial charge is 0.352 e. The van der Waals surface area contributed by atoms with Gasteiger partial charge in [-0.1, -0.05) is 19.1 Å². The Bertz CT molecular complexity index is 485. The minimum Gasteiger partial charge on any atom is -0.352 e. The largest absolute Gasteiger partial charge is 0.416 e. The number of carbonyl (C=O) groups is 1. The van der Waals surface area contributed by atoms with Crippen LogP contribution in [-0.2, 0) is 17.4 Å². The van der Waals surface area contributed by atoms with Crippen molar-refractivity contribution in [1.82, 2.24) is 10.6 Å². The molecule has 1 saturated heterocycles. The predicted octanol–water partition coefficient (Wildman–Crippen LogP) is 2.36. The van der Waals surface area contributed by atoms with Gasteiger partial charge in [0.25, 0.3) is 0 Å². The average molecular weight is 300 g/mol. The highest BCUT2D eigenvalue weighted by Gasteiger charge is 2.30. The van der Waals surface area contributed by atoms with Gasteiger partial charge in [-0.25, -0.2) is 0 Å². The van der Waals surface area contributed by atoms with Gasteiger partial charge in [-0.15, -0.1) is 0 Å². The molecular weight excluding hydrogens is 281 g/mol. The summed E-state index contributed by atoms with van der Waals surface area (Å²) in [6, 6.07) is 4.80. The first-order chi connectivity index (χ1) is 9.86. The van der Waals surface area contributed by atoms with Gasteiger partial charge in [0.15, 0.2) is 0 Å². The van der Waals surface area contributed by atoms with E-state index < -0.39 is 11.7 Å². The fourth-order valence-corrected chi connectivity index (χ4v) is 2.44. The molecule has 1 aromatic rings. The van der Waals surface area contributed by atoms with Crippen molar-refractivity contribution in [1.29, 1.82) is 0 Å². The van der Waals surface area contributed by atoms with Crippen LogP contribution in [0.15, 0.2) is 24.3 Å². The Kier molecular flexibility index (Phi) is 4.88. The summed E-state index contributed by atoms with van der Waals surface area (Å²) in [5, 5.41) is 6.16. The Morgan fingerprint density at radius 2 is 2.00 bits per heavy atom. The highest BCUT2D eigenvalue weighted by molar-refractivity contribution is 5.78. The van der Waals surface area contributed by atoms with Crippen LogP contribution in [0.2, 0.25) is 0 Å². The summed E-state index contributed by atoms with van der Waals surface area (Å²) in [6.45, 7) is 3.77. The molecule has 0 aromatic heterocycles. The van der Waals surface area contributed by atoms with Gasteiger partial charge in [0, 0.05) is 12.6 Å². The zero-order chi connectivity index (χ0) is 15.5. The zero-order valence-corrected chi connectivity index (χ0v) is 11.8. The number of alkyl halides is 3. The van der Waals surface area contributed by atoms with E-state index in [0.29, 0.717) is 11.5 Å². The van der Waals surface area contributed by atoms with Gasteiger partial charge in [-0.05, 0) is 36.6 Å². The van der Waals surface area contributed by atoms with Crippen LogP contribution in [0.25, 0.3) is 0 Å². The molecule has 116 valence electrons. The van der Waals surface area contributed by atoms with Gasteiger partial charge >= 0.3 is 6.18 Å². The van der Waals surface area contributed by atoms with Crippen LogP contribution in [-0.4, -0.2) is 25.0 Å². The number of amides is 1. The van der Waals surface area contributed by atoms with Crippen LogP contribution < -0.4 is 10.6 Å². The van der Waals surface area contributed by atoms with Crippen LogP contribution in [0.4, 0.5) is 13.2 Å². The summed E-state index contributed by atoms with van der Waals surface area (Å²) < 4.78 is 37.3. The molecule has 2 atom stereocenters. The summed E-state index contributed by atoms with van der Waals surface area (Å²) in [6.07, 6.45) is -3.24. The molecule has 1 aliphatic rings. The Balaban J connectivity index is 1.90. The number of hydrogen-bond acceptors (Lipinski definition) is 2. The van der Waals surface area contributed by atoms with Crippen LogP contribution in [0.5, 0.6) is 0 Å². The van der Waals surface area contributed by atoms with Crippen molar-refractivity contribution in [3.63, 3.8) is 0 Å². The third-order valence-electron chi connectivity index (χ3n) is 3.82. The number of benzene rings is 1. The molecule has 0 aliphatic carbocycles. The van der Waals surface area contributed by atoms with Gasteiger partial charge < -0.3 is 10.6 Å². The fourth-order valence-electron chi connectivity index (χ4n) is 2.44. The first-order valence-electron chi connectivity index (χ1n) is 7.02. The summed E-state index contributed by atoms with van der Waals surface area (Å²) in [7, 11) is 0. The number of halogens is 3. The molecule has 2 rings (SSSR count). The molecule has 1 aromatic carbocycles. The zero-order valence-electron chi connectivity index (χ0n) is 11.8. The maximum Gasteiger partial charge on any atom is 0.416 e. The second-order valence-electron chi connectivity index (χ2n) is 5.52. The van der Waals surface area contributed by atoms with Crippen molar-refractivity contribution in [3.05, 3.63) is 35.4 Å². The molecule has 2 N–H and O–H groups in total. The number of rotatable bonds is 3. The molecule has 0 spiro atoms. The Labute approximate surface area is 121 Å². The number of carbonyl (C=O) groups excluding carboxylic acids is 1. The molecule has 1 aliphatic heterocycles. The summed E-state index contributed by atoms with van der Waals surface area (Å²) in [5.74, 6) is 0.248. The van der Waals surface area contributed by atoms with Crippen molar-refractivity contribution < 1.29 is 18.0 Å². The van der Waals surface area contributed by atoms with E-state index in [1.165, 1.54) is 12.1 Å². The highest BCUT2D eigenvalue weighted by atomic mass is 19.4. The van der Waals surface area contributed by atoms with E-state index in [2.05, 4.69) is 17.6 Å². The van der Waals surface area contributed by atoms with Crippen molar-refractivity contribution in [2.75, 3.05) is 13.1 Å². The lowest BCUT2D eigenvalue weighted by molar-refractivity contribution is -0.137. The topological polar surface area (TPSA) is 41.1 Å². The van der Waals surface area contributed by atoms with E-state index in [-0.39, 0.29) is 18.4 Å². The Morgan fingerprint density at radius 3 is 2.57 bits per heavy atom. The van der Waals surface area contributed by atoms with E-state index in [1.54, 1.807) is 0 Å². The van der Waals surface area contributed by atoms with Gasteiger partial charge in [0.1, 0.15) is 0 Å². The lowest BCUT2D eigenvalue weighted by Crippen LogP contribution is -2.50. The molecule has 21 heavy (non-hydrogen) atoms. The number of hydrogen-bond donors (Lipinski definition) is 2. The Morgan fingerprint density at radius 1 is 1.33 bits per heavy atom. The third-order valence-corrected chi connectivity index (χ3v) is 3.82. The molecule has 0 saturated carbocycles. The first kappa shape index (κ1) is 15.8. The quantitative estimate of drug-likeness (QED) is 0.900. The van der Waals surface area contributed by atoms with Crippen LogP contribution in [0, 0.1) is 5.92 Å². The third kappa shape index (κ3) is 4.46. The molecule has 2 unspecified atom stereocenters. The van der Waals surface area contributed by atoms with Crippen LogP contribution >= 0.6 is 0 Å². The monoisotopic (exact) mass is 300 g/mol. The van der Waals surface area contributed by atoms with Crippen LogP contribution in [0.3, 0.4) is 0 Å². The lowest BCUT2D eigenvalue weighted by atomic mass is 9.94.